The van der Waals surface area contributed by atoms with Gasteiger partial charge in [-0.2, -0.15) is 5.26 Å². The number of pyridine rings is 1. The quantitative estimate of drug-likeness (QED) is 0.327. The number of benzene rings is 1. The number of amides is 1. The van der Waals surface area contributed by atoms with Gasteiger partial charge < -0.3 is 15.0 Å². The minimum Gasteiger partial charge on any atom is -0.464 e. The largest absolute Gasteiger partial charge is 0.464 e. The van der Waals surface area contributed by atoms with Crippen molar-refractivity contribution >= 4 is 52.2 Å². The lowest BCUT2D eigenvalue weighted by molar-refractivity contribution is -0.114. The molecule has 0 aliphatic rings. The number of nitrogens with zero attached hydrogens (tertiary/aromatic N) is 3. The summed E-state index contributed by atoms with van der Waals surface area (Å²) in [6, 6.07) is 10.7. The van der Waals surface area contributed by atoms with Gasteiger partial charge in [0.2, 0.25) is 5.91 Å². The topological polar surface area (TPSA) is 121 Å². The van der Waals surface area contributed by atoms with E-state index < -0.39 is 5.97 Å². The number of aromatic amines is 1. The Morgan fingerprint density at radius 3 is 2.65 bits per heavy atom. The van der Waals surface area contributed by atoms with Gasteiger partial charge in [0.05, 0.1) is 28.6 Å². The second-order valence-electron chi connectivity index (χ2n) is 6.99. The van der Waals surface area contributed by atoms with Crippen LogP contribution in [0.25, 0.3) is 32.3 Å². The van der Waals surface area contributed by atoms with E-state index in [0.717, 1.165) is 0 Å². The van der Waals surface area contributed by atoms with Crippen molar-refractivity contribution in [3.63, 3.8) is 0 Å². The Hall–Kier alpha value is -3.71. The van der Waals surface area contributed by atoms with Crippen LogP contribution in [0.5, 0.6) is 0 Å². The van der Waals surface area contributed by atoms with Crippen LogP contribution in [0.1, 0.15) is 23.0 Å². The molecule has 0 aliphatic heterocycles. The maximum atomic E-state index is 12.0. The molecule has 11 heteroatoms. The molecule has 8 nitrogen and oxygen atoms in total. The van der Waals surface area contributed by atoms with E-state index in [4.69, 9.17) is 27.9 Å². The van der Waals surface area contributed by atoms with E-state index in [2.05, 4.69) is 26.3 Å². The summed E-state index contributed by atoms with van der Waals surface area (Å²) in [5.41, 5.74) is 2.29. The van der Waals surface area contributed by atoms with Crippen LogP contribution < -0.4 is 5.32 Å². The maximum absolute atomic E-state index is 12.0. The number of carbonyl (C=O) groups excluding carboxylic acids is 2. The van der Waals surface area contributed by atoms with Gasteiger partial charge in [-0.15, -0.1) is 11.3 Å². The van der Waals surface area contributed by atoms with Crippen molar-refractivity contribution in [2.24, 2.45) is 0 Å². The number of imidazole rings is 1. The summed E-state index contributed by atoms with van der Waals surface area (Å²) in [6.45, 7) is 1.38. The number of ether oxygens (including phenoxy) is 1. The molecule has 0 aliphatic carbocycles. The lowest BCUT2D eigenvalue weighted by Crippen LogP contribution is -2.07. The number of esters is 1. The highest BCUT2D eigenvalue weighted by Crippen LogP contribution is 2.48. The summed E-state index contributed by atoms with van der Waals surface area (Å²) in [6.07, 6.45) is 2.90. The number of aromatic nitrogens is 3. The fraction of sp³-hybridized carbons (Fsp3) is 0.0870. The van der Waals surface area contributed by atoms with E-state index in [1.807, 2.05) is 0 Å². The van der Waals surface area contributed by atoms with E-state index >= 15 is 0 Å². The first kappa shape index (κ1) is 23.4. The van der Waals surface area contributed by atoms with Crippen LogP contribution in [0.4, 0.5) is 5.82 Å². The van der Waals surface area contributed by atoms with Crippen LogP contribution >= 0.6 is 34.5 Å². The molecule has 0 bridgehead atoms. The Morgan fingerprint density at radius 1 is 1.18 bits per heavy atom. The lowest BCUT2D eigenvalue weighted by atomic mass is 9.98. The van der Waals surface area contributed by atoms with Crippen LogP contribution in [-0.2, 0) is 9.53 Å². The minimum absolute atomic E-state index is 0.163. The van der Waals surface area contributed by atoms with Gasteiger partial charge in [0, 0.05) is 34.3 Å². The van der Waals surface area contributed by atoms with Gasteiger partial charge >= 0.3 is 5.97 Å². The van der Waals surface area contributed by atoms with Crippen molar-refractivity contribution < 1.29 is 14.3 Å². The van der Waals surface area contributed by atoms with Gasteiger partial charge in [0.15, 0.2) is 0 Å². The molecule has 2 N–H and O–H groups in total. The highest BCUT2D eigenvalue weighted by molar-refractivity contribution is 7.19. The predicted octanol–water partition coefficient (Wildman–Crippen LogP) is 5.79. The van der Waals surface area contributed by atoms with Gasteiger partial charge in [-0.1, -0.05) is 29.3 Å². The SMILES string of the molecule is COC(=O)c1cnc(-c2sc(-c3ccnc(NC(C)=O)c3)c(C#N)c2-c2ccc(Cl)cc2Cl)[nH]1. The van der Waals surface area contributed by atoms with Crippen molar-refractivity contribution in [2.45, 2.75) is 6.92 Å². The molecule has 0 unspecified atom stereocenters. The monoisotopic (exact) mass is 511 g/mol. The summed E-state index contributed by atoms with van der Waals surface area (Å²) in [5.74, 6) is -0.126. The molecule has 170 valence electrons. The van der Waals surface area contributed by atoms with Gasteiger partial charge in [-0.25, -0.2) is 14.8 Å². The van der Waals surface area contributed by atoms with Crippen LogP contribution in [-0.4, -0.2) is 33.9 Å². The molecule has 0 fully saturated rings. The van der Waals surface area contributed by atoms with E-state index in [1.54, 1.807) is 36.5 Å². The van der Waals surface area contributed by atoms with Gasteiger partial charge in [0.25, 0.3) is 0 Å². The number of methoxy groups -OCH3 is 1. The fourth-order valence-electron chi connectivity index (χ4n) is 3.33. The van der Waals surface area contributed by atoms with Gasteiger partial charge in [0.1, 0.15) is 23.4 Å². The number of rotatable bonds is 5. The normalized spacial score (nSPS) is 10.6. The smallest absolute Gasteiger partial charge is 0.356 e. The van der Waals surface area contributed by atoms with E-state index in [0.29, 0.717) is 53.7 Å². The Bertz CT molecular complexity index is 1470. The number of anilines is 1. The average Bonchev–Trinajstić information content (AvgIpc) is 3.43. The third-order valence-corrected chi connectivity index (χ3v) is 6.54. The van der Waals surface area contributed by atoms with Crippen LogP contribution in [0, 0.1) is 11.3 Å². The molecular formula is C23H15Cl2N5O3S. The number of halogens is 2. The molecule has 34 heavy (non-hydrogen) atoms. The molecule has 4 rings (SSSR count). The van der Waals surface area contributed by atoms with Crippen LogP contribution in [0.3, 0.4) is 0 Å². The molecule has 0 radical (unpaired) electrons. The fourth-order valence-corrected chi connectivity index (χ4v) is 5.04. The van der Waals surface area contributed by atoms with E-state index in [9.17, 15) is 14.9 Å². The Kier molecular flexibility index (Phi) is 6.65. The molecule has 1 aromatic carbocycles. The number of thiophene rings is 1. The summed E-state index contributed by atoms with van der Waals surface area (Å²) >= 11 is 13.9. The first-order chi connectivity index (χ1) is 16.3. The molecule has 0 spiro atoms. The number of carbonyl (C=O) groups is 2. The standard InChI is InChI=1S/C23H15Cl2N5O3S/c1-11(31)29-18-7-12(5-6-27-18)20-15(9-26)19(14-4-3-13(24)8-16(14)25)21(34-20)22-28-10-17(30-22)23(32)33-2/h3-8,10H,1-2H3,(H,28,30)(H,27,29,31). The zero-order valence-corrected chi connectivity index (χ0v) is 20.1. The summed E-state index contributed by atoms with van der Waals surface area (Å²) < 4.78 is 4.76. The predicted molar refractivity (Wildman–Crippen MR) is 131 cm³/mol. The highest BCUT2D eigenvalue weighted by Gasteiger charge is 2.26. The zero-order chi connectivity index (χ0) is 24.4. The van der Waals surface area contributed by atoms with Gasteiger partial charge in [-0.05, 0) is 29.8 Å². The molecular weight excluding hydrogens is 497 g/mol. The summed E-state index contributed by atoms with van der Waals surface area (Å²) in [4.78, 5) is 36.1. The zero-order valence-electron chi connectivity index (χ0n) is 17.8. The Balaban J connectivity index is 1.98. The van der Waals surface area contributed by atoms with Crippen molar-refractivity contribution in [1.82, 2.24) is 15.0 Å². The third-order valence-electron chi connectivity index (χ3n) is 4.74. The molecule has 3 heterocycles. The van der Waals surface area contributed by atoms with Crippen molar-refractivity contribution in [3.05, 3.63) is 64.0 Å². The Morgan fingerprint density at radius 2 is 1.97 bits per heavy atom. The van der Waals surface area contributed by atoms with Crippen LogP contribution in [0.2, 0.25) is 10.0 Å². The van der Waals surface area contributed by atoms with E-state index in [-0.39, 0.29) is 11.6 Å². The lowest BCUT2D eigenvalue weighted by Gasteiger charge is -2.07. The number of hydrogen-bond acceptors (Lipinski definition) is 7. The van der Waals surface area contributed by atoms with Gasteiger partial charge in [-0.3, -0.25) is 4.79 Å². The molecule has 0 saturated carbocycles. The molecule has 0 atom stereocenters. The first-order valence-electron chi connectivity index (χ1n) is 9.72. The second kappa shape index (κ2) is 9.65. The van der Waals surface area contributed by atoms with Crippen molar-refractivity contribution in [1.29, 1.82) is 5.26 Å². The Labute approximate surface area is 208 Å². The number of hydrogen-bond donors (Lipinski definition) is 2. The van der Waals surface area contributed by atoms with E-state index in [1.165, 1.54) is 31.6 Å². The van der Waals surface area contributed by atoms with Crippen molar-refractivity contribution in [2.75, 3.05) is 12.4 Å². The maximum Gasteiger partial charge on any atom is 0.356 e. The number of nitriles is 1. The van der Waals surface area contributed by atoms with Crippen molar-refractivity contribution in [3.8, 4) is 38.3 Å². The number of nitrogens with one attached hydrogen (secondary N) is 2. The van der Waals surface area contributed by atoms with Crippen LogP contribution in [0.15, 0.2) is 42.7 Å². The third kappa shape index (κ3) is 4.52. The first-order valence-corrected chi connectivity index (χ1v) is 11.3. The molecule has 0 saturated heterocycles. The number of H-pyrrole nitrogens is 1. The minimum atomic E-state index is -0.573. The average molecular weight is 512 g/mol. The summed E-state index contributed by atoms with van der Waals surface area (Å²) in [5, 5.41) is 13.6. The molecule has 1 amide bonds. The molecule has 3 aromatic heterocycles. The molecule has 4 aromatic rings. The second-order valence-corrected chi connectivity index (χ2v) is 8.86. The highest BCUT2D eigenvalue weighted by atomic mass is 35.5. The summed E-state index contributed by atoms with van der Waals surface area (Å²) in [7, 11) is 1.27.